The second kappa shape index (κ2) is 10.5. The van der Waals surface area contributed by atoms with Crippen LogP contribution in [0.1, 0.15) is 46.5 Å². The summed E-state index contributed by atoms with van der Waals surface area (Å²) in [6.45, 7) is 5.68. The highest BCUT2D eigenvalue weighted by molar-refractivity contribution is 5.94. The van der Waals surface area contributed by atoms with Gasteiger partial charge in [0, 0.05) is 19.5 Å². The van der Waals surface area contributed by atoms with Crippen LogP contribution in [-0.2, 0) is 24.0 Å². The van der Waals surface area contributed by atoms with Crippen LogP contribution in [0, 0.1) is 0 Å². The molecule has 0 aromatic rings. The number of nitrogens with one attached hydrogen (secondary N) is 3. The normalized spacial score (nSPS) is 18.3. The molecule has 0 saturated carbocycles. The van der Waals surface area contributed by atoms with Crippen molar-refractivity contribution in [2.24, 2.45) is 0 Å². The summed E-state index contributed by atoms with van der Waals surface area (Å²) < 4.78 is 0. The van der Waals surface area contributed by atoms with E-state index in [2.05, 4.69) is 16.0 Å². The zero-order valence-electron chi connectivity index (χ0n) is 15.9. The molecule has 1 aliphatic heterocycles. The van der Waals surface area contributed by atoms with Gasteiger partial charge >= 0.3 is 5.97 Å². The van der Waals surface area contributed by atoms with Gasteiger partial charge in [-0.15, -0.1) is 0 Å². The van der Waals surface area contributed by atoms with E-state index < -0.39 is 35.9 Å². The molecular formula is C17H28N4O6. The summed E-state index contributed by atoms with van der Waals surface area (Å²) in [4.78, 5) is 60.4. The molecule has 4 amide bonds. The largest absolute Gasteiger partial charge is 0.481 e. The Morgan fingerprint density at radius 2 is 1.74 bits per heavy atom. The molecular weight excluding hydrogens is 356 g/mol. The van der Waals surface area contributed by atoms with Crippen molar-refractivity contribution < 1.29 is 29.1 Å². The Bertz CT molecular complexity index is 594. The summed E-state index contributed by atoms with van der Waals surface area (Å²) in [7, 11) is 0. The van der Waals surface area contributed by atoms with Gasteiger partial charge in [0.15, 0.2) is 0 Å². The van der Waals surface area contributed by atoms with E-state index in [-0.39, 0.29) is 24.7 Å². The summed E-state index contributed by atoms with van der Waals surface area (Å²) in [5, 5.41) is 16.2. The van der Waals surface area contributed by atoms with E-state index in [4.69, 9.17) is 5.11 Å². The molecule has 1 heterocycles. The minimum atomic E-state index is -1.10. The number of carboxylic acids is 1. The molecule has 0 aromatic carbocycles. The molecule has 1 fully saturated rings. The first kappa shape index (κ1) is 22.4. The van der Waals surface area contributed by atoms with Crippen LogP contribution in [0.2, 0.25) is 0 Å². The number of amides is 4. The van der Waals surface area contributed by atoms with Crippen LogP contribution in [0.4, 0.5) is 0 Å². The highest BCUT2D eigenvalue weighted by atomic mass is 16.4. The zero-order chi connectivity index (χ0) is 20.6. The van der Waals surface area contributed by atoms with Gasteiger partial charge in [-0.2, -0.15) is 0 Å². The van der Waals surface area contributed by atoms with Gasteiger partial charge in [0.25, 0.3) is 0 Å². The van der Waals surface area contributed by atoms with Gasteiger partial charge in [-0.3, -0.25) is 24.0 Å². The van der Waals surface area contributed by atoms with E-state index >= 15 is 0 Å². The molecule has 152 valence electrons. The Morgan fingerprint density at radius 1 is 1.07 bits per heavy atom. The number of likely N-dealkylation sites (tertiary alicyclic amines) is 1. The fraction of sp³-hybridized carbons (Fsp3) is 0.706. The predicted molar refractivity (Wildman–Crippen MR) is 95.5 cm³/mol. The second-order valence-electron chi connectivity index (χ2n) is 6.50. The standard InChI is InChI=1S/C17H28N4O6/c1-4-18-16(26)12-6-5-9-21(12)17(27)11(3)20-15(25)10(2)19-13(22)7-8-14(23)24/h10-12H,4-9H2,1-3H3,(H,18,26)(H,19,22)(H,20,25)(H,23,24)/t10-,11-,12-/m0/s1. The van der Waals surface area contributed by atoms with Crippen molar-refractivity contribution in [3.8, 4) is 0 Å². The molecule has 1 aliphatic rings. The van der Waals surface area contributed by atoms with Crippen LogP contribution >= 0.6 is 0 Å². The molecule has 1 rings (SSSR count). The number of carbonyl (C=O) groups is 5. The van der Waals surface area contributed by atoms with Crippen LogP contribution in [-0.4, -0.2) is 70.8 Å². The maximum absolute atomic E-state index is 12.6. The van der Waals surface area contributed by atoms with Crippen molar-refractivity contribution in [1.29, 1.82) is 0 Å². The zero-order valence-corrected chi connectivity index (χ0v) is 15.9. The molecule has 0 spiro atoms. The minimum absolute atomic E-state index is 0.207. The third-order valence-corrected chi connectivity index (χ3v) is 4.26. The summed E-state index contributed by atoms with van der Waals surface area (Å²) in [6.07, 6.45) is 0.729. The van der Waals surface area contributed by atoms with E-state index in [1.807, 2.05) is 0 Å². The Balaban J connectivity index is 2.55. The molecule has 10 heteroatoms. The molecule has 0 aliphatic carbocycles. The lowest BCUT2D eigenvalue weighted by molar-refractivity contribution is -0.141. The van der Waals surface area contributed by atoms with Gasteiger partial charge in [0.05, 0.1) is 6.42 Å². The SMILES string of the molecule is CCNC(=O)[C@@H]1CCCN1C(=O)[C@H](C)NC(=O)[C@H](C)NC(=O)CCC(=O)O. The van der Waals surface area contributed by atoms with Crippen molar-refractivity contribution in [3.63, 3.8) is 0 Å². The average molecular weight is 384 g/mol. The van der Waals surface area contributed by atoms with Crippen molar-refractivity contribution in [3.05, 3.63) is 0 Å². The molecule has 0 unspecified atom stereocenters. The first-order valence-corrected chi connectivity index (χ1v) is 9.07. The molecule has 3 atom stereocenters. The fourth-order valence-corrected chi connectivity index (χ4v) is 2.84. The lowest BCUT2D eigenvalue weighted by Gasteiger charge is -2.27. The van der Waals surface area contributed by atoms with Crippen LogP contribution in [0.3, 0.4) is 0 Å². The number of hydrogen-bond acceptors (Lipinski definition) is 5. The third kappa shape index (κ3) is 6.87. The summed E-state index contributed by atoms with van der Waals surface area (Å²) >= 11 is 0. The van der Waals surface area contributed by atoms with Gasteiger partial charge in [-0.1, -0.05) is 0 Å². The van der Waals surface area contributed by atoms with E-state index in [0.29, 0.717) is 25.9 Å². The summed E-state index contributed by atoms with van der Waals surface area (Å²) in [5.41, 5.74) is 0. The number of nitrogens with zero attached hydrogens (tertiary/aromatic N) is 1. The molecule has 10 nitrogen and oxygen atoms in total. The van der Waals surface area contributed by atoms with Gasteiger partial charge in [-0.05, 0) is 33.6 Å². The number of hydrogen-bond donors (Lipinski definition) is 4. The number of aliphatic carboxylic acids is 1. The summed E-state index contributed by atoms with van der Waals surface area (Å²) in [5.74, 6) is -2.79. The van der Waals surface area contributed by atoms with Crippen molar-refractivity contribution in [2.75, 3.05) is 13.1 Å². The number of likely N-dealkylation sites (N-methyl/N-ethyl adjacent to an activating group) is 1. The van der Waals surface area contributed by atoms with Gasteiger partial charge in [0.2, 0.25) is 23.6 Å². The third-order valence-electron chi connectivity index (χ3n) is 4.26. The first-order valence-electron chi connectivity index (χ1n) is 9.07. The van der Waals surface area contributed by atoms with Crippen LogP contribution in [0.25, 0.3) is 0 Å². The van der Waals surface area contributed by atoms with Crippen LogP contribution in [0.15, 0.2) is 0 Å². The van der Waals surface area contributed by atoms with E-state index in [1.54, 1.807) is 6.92 Å². The highest BCUT2D eigenvalue weighted by Crippen LogP contribution is 2.18. The molecule has 0 bridgehead atoms. The second-order valence-corrected chi connectivity index (χ2v) is 6.50. The highest BCUT2D eigenvalue weighted by Gasteiger charge is 2.36. The number of carbonyl (C=O) groups excluding carboxylic acids is 4. The molecule has 27 heavy (non-hydrogen) atoms. The van der Waals surface area contributed by atoms with E-state index in [1.165, 1.54) is 18.7 Å². The Morgan fingerprint density at radius 3 is 2.33 bits per heavy atom. The van der Waals surface area contributed by atoms with Gasteiger partial charge in [0.1, 0.15) is 18.1 Å². The van der Waals surface area contributed by atoms with Crippen LogP contribution < -0.4 is 16.0 Å². The molecule has 0 radical (unpaired) electrons. The smallest absolute Gasteiger partial charge is 0.303 e. The maximum atomic E-state index is 12.6. The maximum Gasteiger partial charge on any atom is 0.303 e. The Hall–Kier alpha value is -2.65. The monoisotopic (exact) mass is 384 g/mol. The van der Waals surface area contributed by atoms with E-state index in [9.17, 15) is 24.0 Å². The topological polar surface area (TPSA) is 145 Å². The number of carboxylic acid groups (broad SMARTS) is 1. The lowest BCUT2D eigenvalue weighted by atomic mass is 10.2. The quantitative estimate of drug-likeness (QED) is 0.401. The number of rotatable bonds is 9. The molecule has 0 aromatic heterocycles. The minimum Gasteiger partial charge on any atom is -0.481 e. The van der Waals surface area contributed by atoms with Crippen molar-refractivity contribution in [2.45, 2.75) is 64.6 Å². The van der Waals surface area contributed by atoms with Crippen molar-refractivity contribution >= 4 is 29.6 Å². The molecule has 4 N–H and O–H groups in total. The molecule has 1 saturated heterocycles. The average Bonchev–Trinajstić information content (AvgIpc) is 3.09. The summed E-state index contributed by atoms with van der Waals surface area (Å²) in [6, 6.07) is -2.31. The predicted octanol–water partition coefficient (Wildman–Crippen LogP) is -1.01. The van der Waals surface area contributed by atoms with Crippen molar-refractivity contribution in [1.82, 2.24) is 20.9 Å². The van der Waals surface area contributed by atoms with Gasteiger partial charge < -0.3 is 26.0 Å². The van der Waals surface area contributed by atoms with Crippen LogP contribution in [0.5, 0.6) is 0 Å². The first-order chi connectivity index (χ1) is 12.7. The Kier molecular flexibility index (Phi) is 8.70. The Labute approximate surface area is 158 Å². The fourth-order valence-electron chi connectivity index (χ4n) is 2.84. The lowest BCUT2D eigenvalue weighted by Crippen LogP contribution is -2.55. The van der Waals surface area contributed by atoms with Gasteiger partial charge in [-0.25, -0.2) is 0 Å². The van der Waals surface area contributed by atoms with E-state index in [0.717, 1.165) is 0 Å².